The third kappa shape index (κ3) is 5.15. The van der Waals surface area contributed by atoms with E-state index in [2.05, 4.69) is 5.32 Å². The number of anilines is 1. The smallest absolute Gasteiger partial charge is 0.229 e. The molecule has 2 saturated heterocycles. The molecule has 2 fully saturated rings. The number of hydrogen-bond donors (Lipinski definition) is 1. The quantitative estimate of drug-likeness (QED) is 0.783. The van der Waals surface area contributed by atoms with Crippen LogP contribution in [0.1, 0.15) is 24.8 Å². The van der Waals surface area contributed by atoms with Gasteiger partial charge in [0.05, 0.1) is 12.0 Å². The zero-order valence-electron chi connectivity index (χ0n) is 16.4. The molecule has 4 rings (SSSR count). The number of benzene rings is 2. The molecular formula is C23H26N2O4. The number of hydrogen-bond acceptors (Lipinski definition) is 4. The first kappa shape index (κ1) is 19.5. The van der Waals surface area contributed by atoms with Crippen LogP contribution in [-0.2, 0) is 20.9 Å². The number of amides is 2. The van der Waals surface area contributed by atoms with Crippen LogP contribution in [0.4, 0.5) is 5.69 Å². The summed E-state index contributed by atoms with van der Waals surface area (Å²) in [5, 5.41) is 2.91. The zero-order chi connectivity index (χ0) is 20.1. The Bertz CT molecular complexity index is 832. The first-order valence-corrected chi connectivity index (χ1v) is 10.1. The summed E-state index contributed by atoms with van der Waals surface area (Å²) in [7, 11) is 0. The third-order valence-corrected chi connectivity index (χ3v) is 5.40. The molecular weight excluding hydrogens is 368 g/mol. The summed E-state index contributed by atoms with van der Waals surface area (Å²) in [6, 6.07) is 17.3. The maximum atomic E-state index is 12.6. The molecule has 0 aliphatic carbocycles. The third-order valence-electron chi connectivity index (χ3n) is 5.40. The SMILES string of the molecule is O=C(Nc1ccc(OCc2ccccc2)cc1)C1CC(=O)N(CC2CCCO2)C1. The summed E-state index contributed by atoms with van der Waals surface area (Å²) < 4.78 is 11.4. The predicted molar refractivity (Wildman–Crippen MR) is 110 cm³/mol. The second-order valence-electron chi connectivity index (χ2n) is 7.62. The number of nitrogens with zero attached hydrogens (tertiary/aromatic N) is 1. The molecule has 0 saturated carbocycles. The fourth-order valence-electron chi connectivity index (χ4n) is 3.78. The molecule has 2 aromatic rings. The van der Waals surface area contributed by atoms with E-state index >= 15 is 0 Å². The molecule has 6 heteroatoms. The molecule has 2 unspecified atom stereocenters. The topological polar surface area (TPSA) is 67.9 Å². The van der Waals surface area contributed by atoms with Crippen LogP contribution in [0.25, 0.3) is 0 Å². The van der Waals surface area contributed by atoms with Gasteiger partial charge < -0.3 is 19.7 Å². The van der Waals surface area contributed by atoms with Crippen molar-refractivity contribution in [3.05, 3.63) is 60.2 Å². The molecule has 2 heterocycles. The van der Waals surface area contributed by atoms with E-state index in [1.54, 1.807) is 4.90 Å². The van der Waals surface area contributed by atoms with Crippen LogP contribution in [0.3, 0.4) is 0 Å². The highest BCUT2D eigenvalue weighted by Crippen LogP contribution is 2.23. The first-order chi connectivity index (χ1) is 14.2. The average molecular weight is 394 g/mol. The molecule has 0 radical (unpaired) electrons. The Morgan fingerprint density at radius 2 is 1.93 bits per heavy atom. The van der Waals surface area contributed by atoms with Crippen LogP contribution < -0.4 is 10.1 Å². The highest BCUT2D eigenvalue weighted by atomic mass is 16.5. The lowest BCUT2D eigenvalue weighted by Crippen LogP contribution is -2.34. The summed E-state index contributed by atoms with van der Waals surface area (Å²) >= 11 is 0. The van der Waals surface area contributed by atoms with Crippen molar-refractivity contribution in [2.24, 2.45) is 5.92 Å². The average Bonchev–Trinajstić information content (AvgIpc) is 3.39. The van der Waals surface area contributed by atoms with Gasteiger partial charge in [-0.25, -0.2) is 0 Å². The van der Waals surface area contributed by atoms with Crippen LogP contribution in [0.2, 0.25) is 0 Å². The molecule has 2 atom stereocenters. The number of rotatable bonds is 7. The monoisotopic (exact) mass is 394 g/mol. The van der Waals surface area contributed by atoms with Gasteiger partial charge in [-0.2, -0.15) is 0 Å². The minimum absolute atomic E-state index is 0.0327. The van der Waals surface area contributed by atoms with E-state index in [1.165, 1.54) is 0 Å². The van der Waals surface area contributed by atoms with Gasteiger partial charge in [-0.1, -0.05) is 30.3 Å². The molecule has 29 heavy (non-hydrogen) atoms. The van der Waals surface area contributed by atoms with Crippen molar-refractivity contribution in [3.63, 3.8) is 0 Å². The van der Waals surface area contributed by atoms with Crippen molar-refractivity contribution >= 4 is 17.5 Å². The van der Waals surface area contributed by atoms with E-state index < -0.39 is 0 Å². The largest absolute Gasteiger partial charge is 0.489 e. The fourth-order valence-corrected chi connectivity index (χ4v) is 3.78. The van der Waals surface area contributed by atoms with Gasteiger partial charge in [0.1, 0.15) is 12.4 Å². The lowest BCUT2D eigenvalue weighted by Gasteiger charge is -2.20. The summed E-state index contributed by atoms with van der Waals surface area (Å²) in [5.74, 6) is 0.333. The summed E-state index contributed by atoms with van der Waals surface area (Å²) in [6.45, 7) is 2.32. The van der Waals surface area contributed by atoms with Crippen LogP contribution in [-0.4, -0.2) is 42.5 Å². The van der Waals surface area contributed by atoms with Crippen molar-refractivity contribution in [2.45, 2.75) is 32.0 Å². The van der Waals surface area contributed by atoms with Crippen LogP contribution >= 0.6 is 0 Å². The molecule has 6 nitrogen and oxygen atoms in total. The lowest BCUT2D eigenvalue weighted by atomic mass is 10.1. The van der Waals surface area contributed by atoms with E-state index in [4.69, 9.17) is 9.47 Å². The van der Waals surface area contributed by atoms with Gasteiger partial charge in [-0.05, 0) is 42.7 Å². The number of ether oxygens (including phenoxy) is 2. The maximum absolute atomic E-state index is 12.6. The Morgan fingerprint density at radius 3 is 2.66 bits per heavy atom. The van der Waals surface area contributed by atoms with Crippen molar-refractivity contribution in [1.29, 1.82) is 0 Å². The van der Waals surface area contributed by atoms with Gasteiger partial charge in [-0.15, -0.1) is 0 Å². The highest BCUT2D eigenvalue weighted by molar-refractivity contribution is 5.97. The van der Waals surface area contributed by atoms with Crippen molar-refractivity contribution in [2.75, 3.05) is 25.0 Å². The lowest BCUT2D eigenvalue weighted by molar-refractivity contribution is -0.129. The fraction of sp³-hybridized carbons (Fsp3) is 0.391. The van der Waals surface area contributed by atoms with Crippen molar-refractivity contribution in [1.82, 2.24) is 4.90 Å². The standard InChI is InChI=1S/C23H26N2O4/c26-22-13-18(14-25(22)15-21-7-4-12-28-21)23(27)24-19-8-10-20(11-9-19)29-16-17-5-2-1-3-6-17/h1-3,5-6,8-11,18,21H,4,7,12-16H2,(H,24,27). The predicted octanol–water partition coefficient (Wildman–Crippen LogP) is 3.23. The van der Waals surface area contributed by atoms with Crippen LogP contribution in [0.5, 0.6) is 5.75 Å². The van der Waals surface area contributed by atoms with Crippen LogP contribution in [0.15, 0.2) is 54.6 Å². The van der Waals surface area contributed by atoms with Gasteiger partial charge in [-0.3, -0.25) is 9.59 Å². The molecule has 2 aliphatic rings. The summed E-state index contributed by atoms with van der Waals surface area (Å²) in [6.07, 6.45) is 2.40. The van der Waals surface area contributed by atoms with Crippen LogP contribution in [0, 0.1) is 5.92 Å². The Hall–Kier alpha value is -2.86. The van der Waals surface area contributed by atoms with E-state index in [-0.39, 0.29) is 30.3 Å². The first-order valence-electron chi connectivity index (χ1n) is 10.1. The highest BCUT2D eigenvalue weighted by Gasteiger charge is 2.35. The Kier molecular flexibility index (Phi) is 6.10. The molecule has 2 aliphatic heterocycles. The molecule has 0 aromatic heterocycles. The van der Waals surface area contributed by atoms with Gasteiger partial charge in [0.2, 0.25) is 11.8 Å². The minimum atomic E-state index is -0.321. The molecule has 152 valence electrons. The molecule has 1 N–H and O–H groups in total. The van der Waals surface area contributed by atoms with E-state index in [0.717, 1.165) is 30.8 Å². The number of carbonyl (C=O) groups is 2. The van der Waals surface area contributed by atoms with Crippen molar-refractivity contribution in [3.8, 4) is 5.75 Å². The van der Waals surface area contributed by atoms with Gasteiger partial charge in [0.25, 0.3) is 0 Å². The second-order valence-corrected chi connectivity index (χ2v) is 7.62. The molecule has 2 amide bonds. The molecule has 0 bridgehead atoms. The van der Waals surface area contributed by atoms with E-state index in [0.29, 0.717) is 25.4 Å². The summed E-state index contributed by atoms with van der Waals surface area (Å²) in [4.78, 5) is 26.6. The number of nitrogens with one attached hydrogen (secondary N) is 1. The van der Waals surface area contributed by atoms with Crippen molar-refractivity contribution < 1.29 is 19.1 Å². The van der Waals surface area contributed by atoms with E-state index in [1.807, 2.05) is 54.6 Å². The second kappa shape index (κ2) is 9.09. The summed E-state index contributed by atoms with van der Waals surface area (Å²) in [5.41, 5.74) is 1.80. The zero-order valence-corrected chi connectivity index (χ0v) is 16.4. The van der Waals surface area contributed by atoms with Gasteiger partial charge in [0.15, 0.2) is 0 Å². The van der Waals surface area contributed by atoms with Gasteiger partial charge in [0, 0.05) is 31.8 Å². The minimum Gasteiger partial charge on any atom is -0.489 e. The molecule has 2 aromatic carbocycles. The maximum Gasteiger partial charge on any atom is 0.229 e. The Morgan fingerprint density at radius 1 is 1.14 bits per heavy atom. The normalized spacial score (nSPS) is 21.4. The number of likely N-dealkylation sites (tertiary alicyclic amines) is 1. The molecule has 0 spiro atoms. The Labute approximate surface area is 170 Å². The van der Waals surface area contributed by atoms with Gasteiger partial charge >= 0.3 is 0 Å². The van der Waals surface area contributed by atoms with E-state index in [9.17, 15) is 9.59 Å². The Balaban J connectivity index is 1.26. The number of carbonyl (C=O) groups excluding carboxylic acids is 2.